The van der Waals surface area contributed by atoms with Crippen molar-refractivity contribution < 1.29 is 19.0 Å². The van der Waals surface area contributed by atoms with Crippen molar-refractivity contribution in [3.8, 4) is 28.8 Å². The van der Waals surface area contributed by atoms with Crippen LogP contribution in [0.1, 0.15) is 46.6 Å². The van der Waals surface area contributed by atoms with Gasteiger partial charge in [0.15, 0.2) is 0 Å². The summed E-state index contributed by atoms with van der Waals surface area (Å²) in [7, 11) is 5.57. The molecule has 0 saturated carbocycles. The molecule has 1 saturated heterocycles. The Morgan fingerprint density at radius 1 is 1.15 bits per heavy atom. The number of hydrogen-bond donors (Lipinski definition) is 1. The lowest BCUT2D eigenvalue weighted by molar-refractivity contribution is 0.0254. The van der Waals surface area contributed by atoms with Crippen LogP contribution in [0.3, 0.4) is 0 Å². The SMILES string of the molecule is COc1cc(Cc2nccc(-c3ccc(OC4CCOCC4)c(C#N)c3)n2)ccc1C(=O)NCCCN(C)C. The molecule has 9 nitrogen and oxygen atoms in total. The standard InChI is InChI=1S/C30H35N5O4/c1-35(2)14-4-12-33-30(36)25-7-5-21(17-28(25)37-3)18-29-32-13-9-26(34-29)22-6-8-27(23(19-22)20-31)39-24-10-15-38-16-11-24/h5-9,13,17,19,24H,4,10-12,14-16,18H2,1-3H3,(H,33,36). The highest BCUT2D eigenvalue weighted by Gasteiger charge is 2.18. The van der Waals surface area contributed by atoms with Crippen molar-refractivity contribution in [3.63, 3.8) is 0 Å². The summed E-state index contributed by atoms with van der Waals surface area (Å²) >= 11 is 0. The first kappa shape index (κ1) is 28.0. The van der Waals surface area contributed by atoms with Gasteiger partial charge in [-0.1, -0.05) is 6.07 Å². The molecular formula is C30H35N5O4. The number of methoxy groups -OCH3 is 1. The van der Waals surface area contributed by atoms with E-state index < -0.39 is 0 Å². The molecule has 0 atom stereocenters. The third-order valence-electron chi connectivity index (χ3n) is 6.50. The minimum Gasteiger partial charge on any atom is -0.496 e. The first-order valence-corrected chi connectivity index (χ1v) is 13.2. The van der Waals surface area contributed by atoms with Crippen LogP contribution in [0, 0.1) is 11.3 Å². The molecule has 0 aliphatic carbocycles. The number of nitrogens with zero attached hydrogens (tertiary/aromatic N) is 4. The normalized spacial score (nSPS) is 13.6. The fourth-order valence-electron chi connectivity index (χ4n) is 4.41. The maximum Gasteiger partial charge on any atom is 0.255 e. The molecule has 0 spiro atoms. The highest BCUT2D eigenvalue weighted by Crippen LogP contribution is 2.28. The highest BCUT2D eigenvalue weighted by atomic mass is 16.5. The largest absolute Gasteiger partial charge is 0.496 e. The quantitative estimate of drug-likeness (QED) is 0.373. The second-order valence-corrected chi connectivity index (χ2v) is 9.73. The van der Waals surface area contributed by atoms with Gasteiger partial charge in [-0.15, -0.1) is 0 Å². The summed E-state index contributed by atoms with van der Waals surface area (Å²) < 4.78 is 17.0. The summed E-state index contributed by atoms with van der Waals surface area (Å²) in [6.45, 7) is 2.85. The Kier molecular flexibility index (Phi) is 9.84. The first-order chi connectivity index (χ1) is 19.0. The second-order valence-electron chi connectivity index (χ2n) is 9.73. The van der Waals surface area contributed by atoms with E-state index in [0.29, 0.717) is 54.6 Å². The lowest BCUT2D eigenvalue weighted by Crippen LogP contribution is -2.27. The van der Waals surface area contributed by atoms with E-state index in [0.717, 1.165) is 42.6 Å². The maximum atomic E-state index is 12.7. The monoisotopic (exact) mass is 529 g/mol. The molecule has 204 valence electrons. The van der Waals surface area contributed by atoms with E-state index in [4.69, 9.17) is 19.2 Å². The molecule has 39 heavy (non-hydrogen) atoms. The molecule has 1 aliphatic heterocycles. The van der Waals surface area contributed by atoms with Gasteiger partial charge in [-0.05, 0) is 69.0 Å². The molecule has 1 aliphatic rings. The fraction of sp³-hybridized carbons (Fsp3) is 0.400. The van der Waals surface area contributed by atoms with Crippen LogP contribution in [0.5, 0.6) is 11.5 Å². The molecule has 1 amide bonds. The number of carbonyl (C=O) groups excluding carboxylic acids is 1. The third-order valence-corrected chi connectivity index (χ3v) is 6.50. The topological polar surface area (TPSA) is 110 Å². The van der Waals surface area contributed by atoms with Gasteiger partial charge in [-0.3, -0.25) is 4.79 Å². The number of carbonyl (C=O) groups is 1. The molecule has 2 aromatic carbocycles. The summed E-state index contributed by atoms with van der Waals surface area (Å²) in [5, 5.41) is 12.7. The van der Waals surface area contributed by atoms with Crippen molar-refractivity contribution in [2.24, 2.45) is 0 Å². The summed E-state index contributed by atoms with van der Waals surface area (Å²) in [4.78, 5) is 23.9. The predicted molar refractivity (Wildman–Crippen MR) is 148 cm³/mol. The molecule has 1 N–H and O–H groups in total. The third kappa shape index (κ3) is 7.76. The average Bonchev–Trinajstić information content (AvgIpc) is 2.96. The van der Waals surface area contributed by atoms with Gasteiger partial charge in [0, 0.05) is 37.6 Å². The molecule has 0 bridgehead atoms. The number of amides is 1. The molecule has 2 heterocycles. The number of nitriles is 1. The van der Waals surface area contributed by atoms with Crippen LogP contribution < -0.4 is 14.8 Å². The van der Waals surface area contributed by atoms with Crippen molar-refractivity contribution in [1.82, 2.24) is 20.2 Å². The van der Waals surface area contributed by atoms with E-state index in [1.54, 1.807) is 25.4 Å². The zero-order valence-corrected chi connectivity index (χ0v) is 22.8. The van der Waals surface area contributed by atoms with Crippen molar-refractivity contribution in [3.05, 3.63) is 71.2 Å². The lowest BCUT2D eigenvalue weighted by atomic mass is 10.1. The van der Waals surface area contributed by atoms with Crippen LogP contribution in [-0.4, -0.2) is 74.4 Å². The van der Waals surface area contributed by atoms with E-state index in [2.05, 4.69) is 21.3 Å². The Hall–Kier alpha value is -4.00. The van der Waals surface area contributed by atoms with E-state index in [9.17, 15) is 10.1 Å². The van der Waals surface area contributed by atoms with Gasteiger partial charge < -0.3 is 24.4 Å². The Balaban J connectivity index is 1.45. The summed E-state index contributed by atoms with van der Waals surface area (Å²) in [5.74, 6) is 1.55. The molecule has 9 heteroatoms. The van der Waals surface area contributed by atoms with E-state index >= 15 is 0 Å². The first-order valence-electron chi connectivity index (χ1n) is 13.2. The average molecular weight is 530 g/mol. The smallest absolute Gasteiger partial charge is 0.255 e. The van der Waals surface area contributed by atoms with E-state index in [-0.39, 0.29) is 12.0 Å². The molecule has 0 radical (unpaired) electrons. The Morgan fingerprint density at radius 3 is 2.72 bits per heavy atom. The Bertz CT molecular complexity index is 1310. The number of benzene rings is 2. The molecule has 4 rings (SSSR count). The number of rotatable bonds is 11. The maximum absolute atomic E-state index is 12.7. The molecule has 3 aromatic rings. The van der Waals surface area contributed by atoms with E-state index in [1.165, 1.54) is 0 Å². The number of nitrogens with one attached hydrogen (secondary N) is 1. The van der Waals surface area contributed by atoms with Crippen LogP contribution in [-0.2, 0) is 11.2 Å². The number of hydrogen-bond acceptors (Lipinski definition) is 8. The summed E-state index contributed by atoms with van der Waals surface area (Å²) in [6.07, 6.45) is 4.73. The van der Waals surface area contributed by atoms with Crippen LogP contribution in [0.25, 0.3) is 11.3 Å². The van der Waals surface area contributed by atoms with Gasteiger partial charge in [-0.2, -0.15) is 5.26 Å². The van der Waals surface area contributed by atoms with Gasteiger partial charge in [-0.25, -0.2) is 9.97 Å². The summed E-state index contributed by atoms with van der Waals surface area (Å²) in [5.41, 5.74) is 3.42. The molecule has 1 fully saturated rings. The van der Waals surface area contributed by atoms with Crippen LogP contribution in [0.2, 0.25) is 0 Å². The molecular weight excluding hydrogens is 494 g/mol. The molecule has 1 aromatic heterocycles. The highest BCUT2D eigenvalue weighted by molar-refractivity contribution is 5.97. The predicted octanol–water partition coefficient (Wildman–Crippen LogP) is 3.85. The zero-order chi connectivity index (χ0) is 27.6. The van der Waals surface area contributed by atoms with Crippen LogP contribution in [0.4, 0.5) is 0 Å². The van der Waals surface area contributed by atoms with Crippen LogP contribution >= 0.6 is 0 Å². The lowest BCUT2D eigenvalue weighted by Gasteiger charge is -2.23. The van der Waals surface area contributed by atoms with Gasteiger partial charge in [0.05, 0.1) is 37.1 Å². The van der Waals surface area contributed by atoms with E-state index in [1.807, 2.05) is 44.4 Å². The number of ether oxygens (including phenoxy) is 3. The van der Waals surface area contributed by atoms with Gasteiger partial charge in [0.2, 0.25) is 0 Å². The van der Waals surface area contributed by atoms with Crippen molar-refractivity contribution in [1.29, 1.82) is 5.26 Å². The Labute approximate surface area is 229 Å². The fourth-order valence-corrected chi connectivity index (χ4v) is 4.41. The van der Waals surface area contributed by atoms with Gasteiger partial charge in [0.25, 0.3) is 5.91 Å². The second kappa shape index (κ2) is 13.7. The van der Waals surface area contributed by atoms with Crippen molar-refractivity contribution in [2.45, 2.75) is 31.8 Å². The van der Waals surface area contributed by atoms with Gasteiger partial charge in [0.1, 0.15) is 29.5 Å². The Morgan fingerprint density at radius 2 is 1.97 bits per heavy atom. The summed E-state index contributed by atoms with van der Waals surface area (Å²) in [6, 6.07) is 15.1. The number of aromatic nitrogens is 2. The molecule has 0 unspecified atom stereocenters. The van der Waals surface area contributed by atoms with Crippen molar-refractivity contribution in [2.75, 3.05) is 47.5 Å². The van der Waals surface area contributed by atoms with Gasteiger partial charge >= 0.3 is 0 Å². The van der Waals surface area contributed by atoms with Crippen molar-refractivity contribution >= 4 is 5.91 Å². The zero-order valence-electron chi connectivity index (χ0n) is 22.8. The minimum atomic E-state index is -0.159. The minimum absolute atomic E-state index is 0.0554. The van der Waals surface area contributed by atoms with Crippen LogP contribution in [0.15, 0.2) is 48.7 Å².